The Kier molecular flexibility index (Phi) is 11.2. The number of rotatable bonds is 13. The zero-order valence-corrected chi connectivity index (χ0v) is 15.7. The van der Waals surface area contributed by atoms with Gasteiger partial charge >= 0.3 is 11.9 Å². The largest absolute Gasteiger partial charge is 0.466 e. The average molecular weight is 388 g/mol. The van der Waals surface area contributed by atoms with Gasteiger partial charge < -0.3 is 9.47 Å². The minimum atomic E-state index is -1.39. The number of hydrogen-bond donors (Lipinski definition) is 0. The summed E-state index contributed by atoms with van der Waals surface area (Å²) in [5.41, 5.74) is -0.662. The van der Waals surface area contributed by atoms with Crippen molar-refractivity contribution in [3.8, 4) is 0 Å². The van der Waals surface area contributed by atoms with Gasteiger partial charge in [-0.15, -0.1) is 0 Å². The molecular formula is C20H27F3O4. The van der Waals surface area contributed by atoms with E-state index in [1.165, 1.54) is 25.7 Å². The van der Waals surface area contributed by atoms with E-state index in [1.54, 1.807) is 0 Å². The van der Waals surface area contributed by atoms with Gasteiger partial charge in [-0.1, -0.05) is 45.4 Å². The van der Waals surface area contributed by atoms with E-state index in [1.807, 2.05) is 0 Å². The minimum Gasteiger partial charge on any atom is -0.466 e. The summed E-state index contributed by atoms with van der Waals surface area (Å²) in [6, 6.07) is 1.40. The Morgan fingerprint density at radius 2 is 1.37 bits per heavy atom. The fourth-order valence-corrected chi connectivity index (χ4v) is 2.45. The molecule has 0 heterocycles. The van der Waals surface area contributed by atoms with Gasteiger partial charge in [0.05, 0.1) is 25.0 Å². The smallest absolute Gasteiger partial charge is 0.306 e. The lowest BCUT2D eigenvalue weighted by molar-refractivity contribution is -0.151. The van der Waals surface area contributed by atoms with Crippen LogP contribution in [0.1, 0.15) is 70.3 Å². The standard InChI is InChI=1S/C20H27F3O4/c1-2-3-4-5-6-7-8-13-26-18(24)11-12-19(25)27-14-15-16(21)9-10-17(22)20(15)23/h9-10H,2-8,11-14H2,1H3. The summed E-state index contributed by atoms with van der Waals surface area (Å²) in [6.45, 7) is 1.73. The van der Waals surface area contributed by atoms with E-state index in [0.717, 1.165) is 25.3 Å². The molecule has 0 radical (unpaired) electrons. The summed E-state index contributed by atoms with van der Waals surface area (Å²) < 4.78 is 49.6. The molecule has 152 valence electrons. The molecule has 0 amide bonds. The fourth-order valence-electron chi connectivity index (χ4n) is 2.45. The number of carbonyl (C=O) groups is 2. The second-order valence-corrected chi connectivity index (χ2v) is 6.32. The first-order chi connectivity index (χ1) is 13.0. The number of ether oxygens (including phenoxy) is 2. The van der Waals surface area contributed by atoms with Crippen LogP contribution in [-0.2, 0) is 25.7 Å². The van der Waals surface area contributed by atoms with Gasteiger partial charge in [0.1, 0.15) is 12.4 Å². The molecule has 0 unspecified atom stereocenters. The first-order valence-electron chi connectivity index (χ1n) is 9.39. The van der Waals surface area contributed by atoms with E-state index >= 15 is 0 Å². The second-order valence-electron chi connectivity index (χ2n) is 6.32. The molecule has 0 saturated carbocycles. The highest BCUT2D eigenvalue weighted by molar-refractivity contribution is 5.77. The predicted molar refractivity (Wildman–Crippen MR) is 94.3 cm³/mol. The van der Waals surface area contributed by atoms with Gasteiger partial charge in [-0.05, 0) is 18.6 Å². The molecule has 0 aliphatic rings. The number of benzene rings is 1. The lowest BCUT2D eigenvalue weighted by Gasteiger charge is -2.08. The highest BCUT2D eigenvalue weighted by atomic mass is 19.2. The molecule has 0 atom stereocenters. The van der Waals surface area contributed by atoms with Crippen molar-refractivity contribution in [3.05, 3.63) is 35.1 Å². The van der Waals surface area contributed by atoms with E-state index < -0.39 is 41.6 Å². The zero-order chi connectivity index (χ0) is 20.1. The number of unbranched alkanes of at least 4 members (excludes halogenated alkanes) is 6. The molecule has 1 rings (SSSR count). The Morgan fingerprint density at radius 1 is 0.815 bits per heavy atom. The number of esters is 2. The minimum absolute atomic E-state index is 0.177. The Balaban J connectivity index is 2.14. The van der Waals surface area contributed by atoms with Crippen molar-refractivity contribution in [2.45, 2.75) is 71.3 Å². The molecule has 0 bridgehead atoms. The van der Waals surface area contributed by atoms with Crippen molar-refractivity contribution >= 4 is 11.9 Å². The molecule has 0 spiro atoms. The van der Waals surface area contributed by atoms with Crippen LogP contribution in [0.5, 0.6) is 0 Å². The Labute approximate surface area is 158 Å². The van der Waals surface area contributed by atoms with E-state index in [0.29, 0.717) is 12.7 Å². The van der Waals surface area contributed by atoms with Crippen LogP contribution in [0.2, 0.25) is 0 Å². The quantitative estimate of drug-likeness (QED) is 0.264. The van der Waals surface area contributed by atoms with Crippen molar-refractivity contribution in [2.24, 2.45) is 0 Å². The molecule has 0 aliphatic carbocycles. The van der Waals surface area contributed by atoms with Crippen LogP contribution >= 0.6 is 0 Å². The summed E-state index contributed by atoms with van der Waals surface area (Å²) in [5, 5.41) is 0. The summed E-state index contributed by atoms with van der Waals surface area (Å²) in [7, 11) is 0. The molecule has 1 aromatic carbocycles. The molecule has 0 N–H and O–H groups in total. The third kappa shape index (κ3) is 9.45. The summed E-state index contributed by atoms with van der Waals surface area (Å²) >= 11 is 0. The van der Waals surface area contributed by atoms with E-state index in [4.69, 9.17) is 9.47 Å². The van der Waals surface area contributed by atoms with Gasteiger partial charge in [0, 0.05) is 0 Å². The zero-order valence-electron chi connectivity index (χ0n) is 15.7. The van der Waals surface area contributed by atoms with Crippen LogP contribution in [0, 0.1) is 17.5 Å². The number of carbonyl (C=O) groups excluding carboxylic acids is 2. The summed E-state index contributed by atoms with van der Waals surface area (Å²) in [6.07, 6.45) is 7.27. The van der Waals surface area contributed by atoms with E-state index in [-0.39, 0.29) is 12.8 Å². The van der Waals surface area contributed by atoms with Gasteiger partial charge in [0.25, 0.3) is 0 Å². The monoisotopic (exact) mass is 388 g/mol. The predicted octanol–water partition coefficient (Wildman–Crippen LogP) is 5.22. The van der Waals surface area contributed by atoms with Gasteiger partial charge in [-0.3, -0.25) is 9.59 Å². The molecule has 0 aromatic heterocycles. The van der Waals surface area contributed by atoms with Crippen LogP contribution in [0.4, 0.5) is 13.2 Å². The maximum absolute atomic E-state index is 13.4. The van der Waals surface area contributed by atoms with Crippen LogP contribution in [0.25, 0.3) is 0 Å². The molecule has 4 nitrogen and oxygen atoms in total. The highest BCUT2D eigenvalue weighted by Crippen LogP contribution is 2.17. The molecule has 7 heteroatoms. The Bertz CT molecular complexity index is 605. The fraction of sp³-hybridized carbons (Fsp3) is 0.600. The number of hydrogen-bond acceptors (Lipinski definition) is 4. The van der Waals surface area contributed by atoms with Crippen molar-refractivity contribution < 1.29 is 32.2 Å². The first kappa shape index (κ1) is 23.0. The maximum atomic E-state index is 13.4. The SMILES string of the molecule is CCCCCCCCCOC(=O)CCC(=O)OCc1c(F)ccc(F)c1F. The molecule has 0 aliphatic heterocycles. The molecular weight excluding hydrogens is 361 g/mol. The summed E-state index contributed by atoms with van der Waals surface area (Å²) in [5.74, 6) is -4.96. The average Bonchev–Trinajstić information content (AvgIpc) is 2.65. The van der Waals surface area contributed by atoms with Gasteiger partial charge in [-0.2, -0.15) is 0 Å². The summed E-state index contributed by atoms with van der Waals surface area (Å²) in [4.78, 5) is 23.1. The van der Waals surface area contributed by atoms with Crippen molar-refractivity contribution in [1.82, 2.24) is 0 Å². The van der Waals surface area contributed by atoms with Gasteiger partial charge in [-0.25, -0.2) is 13.2 Å². The van der Waals surface area contributed by atoms with Crippen molar-refractivity contribution in [3.63, 3.8) is 0 Å². The highest BCUT2D eigenvalue weighted by Gasteiger charge is 2.16. The molecule has 0 saturated heterocycles. The molecule has 1 aromatic rings. The Hall–Kier alpha value is -2.05. The van der Waals surface area contributed by atoms with Crippen molar-refractivity contribution in [1.29, 1.82) is 0 Å². The number of halogens is 3. The molecule has 0 fully saturated rings. The Morgan fingerprint density at radius 3 is 2.04 bits per heavy atom. The van der Waals surface area contributed by atoms with Crippen LogP contribution in [0.15, 0.2) is 12.1 Å². The van der Waals surface area contributed by atoms with Crippen LogP contribution in [0.3, 0.4) is 0 Å². The third-order valence-corrected chi connectivity index (χ3v) is 4.06. The first-order valence-corrected chi connectivity index (χ1v) is 9.39. The van der Waals surface area contributed by atoms with Crippen molar-refractivity contribution in [2.75, 3.05) is 6.61 Å². The maximum Gasteiger partial charge on any atom is 0.306 e. The lowest BCUT2D eigenvalue weighted by atomic mass is 10.1. The second kappa shape index (κ2) is 13.2. The normalized spacial score (nSPS) is 10.7. The third-order valence-electron chi connectivity index (χ3n) is 4.06. The van der Waals surface area contributed by atoms with Gasteiger partial charge in [0.15, 0.2) is 11.6 Å². The van der Waals surface area contributed by atoms with E-state index in [2.05, 4.69) is 6.92 Å². The van der Waals surface area contributed by atoms with Gasteiger partial charge in [0.2, 0.25) is 0 Å². The topological polar surface area (TPSA) is 52.6 Å². The van der Waals surface area contributed by atoms with Crippen LogP contribution in [-0.4, -0.2) is 18.5 Å². The van der Waals surface area contributed by atoms with E-state index in [9.17, 15) is 22.8 Å². The van der Waals surface area contributed by atoms with Crippen LogP contribution < -0.4 is 0 Å². The molecule has 27 heavy (non-hydrogen) atoms. The lowest BCUT2D eigenvalue weighted by Crippen LogP contribution is -2.12.